The Balaban J connectivity index is 1.92. The van der Waals surface area contributed by atoms with Gasteiger partial charge in [0.25, 0.3) is 5.91 Å². The molecule has 0 fully saturated rings. The Morgan fingerprint density at radius 2 is 1.73 bits per heavy atom. The molecule has 0 aliphatic carbocycles. The average Bonchev–Trinajstić information content (AvgIpc) is 2.65. The van der Waals surface area contributed by atoms with Crippen molar-refractivity contribution in [2.24, 2.45) is 0 Å². The summed E-state index contributed by atoms with van der Waals surface area (Å²) in [6, 6.07) is 12.4. The second-order valence-electron chi connectivity index (χ2n) is 5.84. The zero-order valence-corrected chi connectivity index (χ0v) is 15.4. The number of carbonyl (C=O) groups is 2. The summed E-state index contributed by atoms with van der Waals surface area (Å²) in [5, 5.41) is 2.80. The molecule has 6 nitrogen and oxygen atoms in total. The SMILES string of the molecule is COc1ccc(C(=O)OCC(=O)N[C@H](C)c2ccc(C)cc2)c(OC)c1. The fourth-order valence-corrected chi connectivity index (χ4v) is 2.40. The fourth-order valence-electron chi connectivity index (χ4n) is 2.40. The Bertz CT molecular complexity index is 770. The normalized spacial score (nSPS) is 11.4. The Morgan fingerprint density at radius 1 is 1.04 bits per heavy atom. The van der Waals surface area contributed by atoms with Crippen LogP contribution in [0.15, 0.2) is 42.5 Å². The lowest BCUT2D eigenvalue weighted by Gasteiger charge is -2.15. The number of ether oxygens (including phenoxy) is 3. The van der Waals surface area contributed by atoms with Crippen molar-refractivity contribution in [1.82, 2.24) is 5.32 Å². The Morgan fingerprint density at radius 3 is 2.35 bits per heavy atom. The summed E-state index contributed by atoms with van der Waals surface area (Å²) in [5.41, 5.74) is 2.36. The van der Waals surface area contributed by atoms with E-state index in [-0.39, 0.29) is 24.1 Å². The Hall–Kier alpha value is -3.02. The number of carbonyl (C=O) groups excluding carboxylic acids is 2. The maximum Gasteiger partial charge on any atom is 0.342 e. The molecule has 1 atom stereocenters. The molecule has 0 spiro atoms. The molecule has 6 heteroatoms. The Kier molecular flexibility index (Phi) is 6.60. The number of amides is 1. The summed E-state index contributed by atoms with van der Waals surface area (Å²) in [5.74, 6) is -0.132. The minimum atomic E-state index is -0.636. The van der Waals surface area contributed by atoms with Crippen LogP contribution >= 0.6 is 0 Å². The summed E-state index contributed by atoms with van der Waals surface area (Å²) in [7, 11) is 2.97. The van der Waals surface area contributed by atoms with Crippen molar-refractivity contribution in [2.75, 3.05) is 20.8 Å². The van der Waals surface area contributed by atoms with E-state index in [9.17, 15) is 9.59 Å². The van der Waals surface area contributed by atoms with E-state index in [1.807, 2.05) is 38.1 Å². The highest BCUT2D eigenvalue weighted by atomic mass is 16.5. The van der Waals surface area contributed by atoms with Gasteiger partial charge >= 0.3 is 5.97 Å². The van der Waals surface area contributed by atoms with Crippen LogP contribution < -0.4 is 14.8 Å². The van der Waals surface area contributed by atoms with Crippen LogP contribution in [-0.2, 0) is 9.53 Å². The molecule has 0 radical (unpaired) electrons. The van der Waals surface area contributed by atoms with Gasteiger partial charge < -0.3 is 19.5 Å². The number of rotatable bonds is 7. The molecule has 2 aromatic carbocycles. The van der Waals surface area contributed by atoms with E-state index in [0.29, 0.717) is 11.5 Å². The number of nitrogens with one attached hydrogen (secondary N) is 1. The fraction of sp³-hybridized carbons (Fsp3) is 0.300. The molecule has 0 bridgehead atoms. The van der Waals surface area contributed by atoms with E-state index in [2.05, 4.69) is 5.32 Å². The van der Waals surface area contributed by atoms with Crippen LogP contribution in [0.4, 0.5) is 0 Å². The second kappa shape index (κ2) is 8.89. The van der Waals surface area contributed by atoms with Gasteiger partial charge in [0.05, 0.1) is 20.3 Å². The van der Waals surface area contributed by atoms with Crippen molar-refractivity contribution >= 4 is 11.9 Å². The number of aryl methyl sites for hydroxylation is 1. The molecule has 2 aromatic rings. The molecule has 0 saturated carbocycles. The van der Waals surface area contributed by atoms with Gasteiger partial charge in [0, 0.05) is 6.07 Å². The lowest BCUT2D eigenvalue weighted by molar-refractivity contribution is -0.124. The topological polar surface area (TPSA) is 73.9 Å². The molecule has 0 heterocycles. The maximum absolute atomic E-state index is 12.2. The van der Waals surface area contributed by atoms with Crippen molar-refractivity contribution in [3.05, 3.63) is 59.2 Å². The lowest BCUT2D eigenvalue weighted by Crippen LogP contribution is -2.31. The van der Waals surface area contributed by atoms with Gasteiger partial charge in [-0.15, -0.1) is 0 Å². The van der Waals surface area contributed by atoms with Crippen LogP contribution in [0.5, 0.6) is 11.5 Å². The smallest absolute Gasteiger partial charge is 0.342 e. The molecular weight excluding hydrogens is 334 g/mol. The van der Waals surface area contributed by atoms with Crippen molar-refractivity contribution < 1.29 is 23.8 Å². The van der Waals surface area contributed by atoms with Crippen molar-refractivity contribution in [1.29, 1.82) is 0 Å². The first kappa shape index (κ1) is 19.3. The number of hydrogen-bond donors (Lipinski definition) is 1. The molecule has 0 aliphatic rings. The van der Waals surface area contributed by atoms with Gasteiger partial charge in [-0.2, -0.15) is 0 Å². The zero-order valence-electron chi connectivity index (χ0n) is 15.4. The molecule has 1 amide bonds. The third kappa shape index (κ3) is 4.99. The molecule has 0 unspecified atom stereocenters. The predicted octanol–water partition coefficient (Wildman–Crippen LogP) is 3.05. The van der Waals surface area contributed by atoms with E-state index < -0.39 is 5.97 Å². The van der Waals surface area contributed by atoms with Crippen LogP contribution in [0.3, 0.4) is 0 Å². The highest BCUT2D eigenvalue weighted by Gasteiger charge is 2.17. The number of hydrogen-bond acceptors (Lipinski definition) is 5. The van der Waals surface area contributed by atoms with Gasteiger partial charge in [0.15, 0.2) is 6.61 Å². The maximum atomic E-state index is 12.2. The lowest BCUT2D eigenvalue weighted by atomic mass is 10.1. The molecule has 2 rings (SSSR count). The van der Waals surface area contributed by atoms with E-state index in [4.69, 9.17) is 14.2 Å². The highest BCUT2D eigenvalue weighted by molar-refractivity contribution is 5.94. The Labute approximate surface area is 153 Å². The molecule has 0 saturated heterocycles. The van der Waals surface area contributed by atoms with E-state index in [0.717, 1.165) is 11.1 Å². The van der Waals surface area contributed by atoms with Crippen molar-refractivity contribution in [3.8, 4) is 11.5 Å². The van der Waals surface area contributed by atoms with Gasteiger partial charge in [-0.25, -0.2) is 4.79 Å². The van der Waals surface area contributed by atoms with Crippen LogP contribution in [0, 0.1) is 6.92 Å². The third-order valence-electron chi connectivity index (χ3n) is 3.92. The van der Waals surface area contributed by atoms with E-state index >= 15 is 0 Å². The monoisotopic (exact) mass is 357 g/mol. The van der Waals surface area contributed by atoms with E-state index in [1.165, 1.54) is 20.3 Å². The summed E-state index contributed by atoms with van der Waals surface area (Å²) in [6.45, 7) is 3.50. The number of benzene rings is 2. The minimum Gasteiger partial charge on any atom is -0.497 e. The summed E-state index contributed by atoms with van der Waals surface area (Å²) in [4.78, 5) is 24.2. The van der Waals surface area contributed by atoms with Gasteiger partial charge in [-0.05, 0) is 31.5 Å². The average molecular weight is 357 g/mol. The number of methoxy groups -OCH3 is 2. The second-order valence-corrected chi connectivity index (χ2v) is 5.84. The van der Waals surface area contributed by atoms with Crippen LogP contribution in [0.1, 0.15) is 34.5 Å². The third-order valence-corrected chi connectivity index (χ3v) is 3.92. The number of esters is 1. The summed E-state index contributed by atoms with van der Waals surface area (Å²) >= 11 is 0. The van der Waals surface area contributed by atoms with Gasteiger partial charge in [0.1, 0.15) is 17.1 Å². The van der Waals surface area contributed by atoms with Crippen LogP contribution in [0.2, 0.25) is 0 Å². The molecular formula is C20H23NO5. The van der Waals surface area contributed by atoms with Crippen LogP contribution in [-0.4, -0.2) is 32.7 Å². The first-order valence-corrected chi connectivity index (χ1v) is 8.19. The van der Waals surface area contributed by atoms with Crippen LogP contribution in [0.25, 0.3) is 0 Å². The van der Waals surface area contributed by atoms with Crippen molar-refractivity contribution in [2.45, 2.75) is 19.9 Å². The molecule has 1 N–H and O–H groups in total. The van der Waals surface area contributed by atoms with Gasteiger partial charge in [-0.3, -0.25) is 4.79 Å². The van der Waals surface area contributed by atoms with Crippen molar-refractivity contribution in [3.63, 3.8) is 0 Å². The van der Waals surface area contributed by atoms with Gasteiger partial charge in [0.2, 0.25) is 0 Å². The first-order chi connectivity index (χ1) is 12.4. The van der Waals surface area contributed by atoms with Gasteiger partial charge in [-0.1, -0.05) is 29.8 Å². The molecule has 26 heavy (non-hydrogen) atoms. The summed E-state index contributed by atoms with van der Waals surface area (Å²) < 4.78 is 15.3. The predicted molar refractivity (Wildman–Crippen MR) is 97.6 cm³/mol. The quantitative estimate of drug-likeness (QED) is 0.771. The zero-order chi connectivity index (χ0) is 19.1. The largest absolute Gasteiger partial charge is 0.497 e. The minimum absolute atomic E-state index is 0.183. The summed E-state index contributed by atoms with van der Waals surface area (Å²) in [6.07, 6.45) is 0. The molecule has 0 aliphatic heterocycles. The molecule has 0 aromatic heterocycles. The first-order valence-electron chi connectivity index (χ1n) is 8.19. The van der Waals surface area contributed by atoms with E-state index in [1.54, 1.807) is 12.1 Å². The molecule has 138 valence electrons. The highest BCUT2D eigenvalue weighted by Crippen LogP contribution is 2.25. The standard InChI is InChI=1S/C20H23NO5/c1-13-5-7-15(8-6-13)14(2)21-19(22)12-26-20(23)17-10-9-16(24-3)11-18(17)25-4/h5-11,14H,12H2,1-4H3,(H,21,22)/t14-/m1/s1.